The third-order valence-electron chi connectivity index (χ3n) is 16.7. The molecule has 0 fully saturated rings. The second-order valence-electron chi connectivity index (χ2n) is 31.4. The molecule has 0 N–H and O–H groups in total. The van der Waals surface area contributed by atoms with E-state index in [0.717, 1.165) is 0 Å². The predicted octanol–water partition coefficient (Wildman–Crippen LogP) is 15.6. The van der Waals surface area contributed by atoms with Crippen molar-refractivity contribution in [2.24, 2.45) is 0 Å². The van der Waals surface area contributed by atoms with Crippen LogP contribution in [0.4, 0.5) is 0 Å². The summed E-state index contributed by atoms with van der Waals surface area (Å²) >= 11 is -6.89. The fourth-order valence-electron chi connectivity index (χ4n) is 12.9. The van der Waals surface area contributed by atoms with Crippen molar-refractivity contribution in [1.29, 1.82) is 0 Å². The van der Waals surface area contributed by atoms with Crippen molar-refractivity contribution in [2.45, 2.75) is 209 Å². The third kappa shape index (κ3) is 10.9. The van der Waals surface area contributed by atoms with Gasteiger partial charge in [-0.2, -0.15) is 0 Å². The number of benzene rings is 8. The zero-order valence-electron chi connectivity index (χ0n) is 55.2. The minimum absolute atomic E-state index is 0.147. The predicted molar refractivity (Wildman–Crippen MR) is 351 cm³/mol. The van der Waals surface area contributed by atoms with E-state index >= 15 is 0 Å². The Bertz CT molecular complexity index is 3020. The van der Waals surface area contributed by atoms with Crippen LogP contribution in [0.25, 0.3) is 0 Å². The quantitative estimate of drug-likeness (QED) is 0.133. The van der Waals surface area contributed by atoms with Crippen molar-refractivity contribution < 1.29 is 36.9 Å². The van der Waals surface area contributed by atoms with Gasteiger partial charge in [0.15, 0.2) is 7.14 Å². The van der Waals surface area contributed by atoms with Crippen LogP contribution in [-0.4, -0.2) is 0 Å². The molecule has 436 valence electrons. The molecule has 0 aliphatic heterocycles. The van der Waals surface area contributed by atoms with E-state index in [-0.39, 0.29) is 64.5 Å². The van der Waals surface area contributed by atoms with E-state index in [1.54, 1.807) is 7.14 Å². The molecule has 0 unspecified atom stereocenters. The van der Waals surface area contributed by atoms with E-state index in [1.165, 1.54) is 65.9 Å². The molecule has 2 heteroatoms. The minimum Gasteiger partial charge on any atom is -0.0616 e. The van der Waals surface area contributed by atoms with Gasteiger partial charge in [0.25, 0.3) is 0 Å². The molecular weight excluding hydrogens is 1210 g/mol. The molecule has 0 bridgehead atoms. The number of rotatable bonds is 8. The molecule has 0 heterocycles. The third-order valence-corrected chi connectivity index (χ3v) is 42.8. The molecule has 0 saturated carbocycles. The van der Waals surface area contributed by atoms with Gasteiger partial charge in [-0.05, 0) is 23.0 Å². The molecule has 0 amide bonds. The van der Waals surface area contributed by atoms with Crippen LogP contribution in [0, 0.1) is 28.6 Å². The Morgan fingerprint density at radius 2 is 0.317 bits per heavy atom. The largest absolute Gasteiger partial charge is 0.358 e. The summed E-state index contributed by atoms with van der Waals surface area (Å²) < 4.78 is 11.9. The van der Waals surface area contributed by atoms with Crippen LogP contribution < -0.4 is 36.9 Å². The summed E-state index contributed by atoms with van der Waals surface area (Å²) in [5.74, 6) is 0. The smallest absolute Gasteiger partial charge is 0.0616 e. The first kappa shape index (κ1) is 64.8. The molecule has 0 aromatic heterocycles. The molecule has 8 aromatic rings. The first-order valence-electron chi connectivity index (χ1n) is 30.1. The van der Waals surface area contributed by atoms with Gasteiger partial charge in [-0.25, -0.2) is 0 Å². The average molecular weight is 1320 g/mol. The Kier molecular flexibility index (Phi) is 17.6. The molecule has 8 rings (SSSR count). The van der Waals surface area contributed by atoms with Gasteiger partial charge in [0.05, 0.1) is 0 Å². The topological polar surface area (TPSA) is 0 Å². The van der Waals surface area contributed by atoms with Crippen LogP contribution in [0.3, 0.4) is 0 Å². The van der Waals surface area contributed by atoms with Crippen LogP contribution in [0.5, 0.6) is 0 Å². The summed E-state index contributed by atoms with van der Waals surface area (Å²) in [6.07, 6.45) is 0. The fraction of sp³-hybridized carbons (Fsp3) is 0.400. The fourth-order valence-corrected chi connectivity index (χ4v) is 47.6. The van der Waals surface area contributed by atoms with E-state index in [9.17, 15) is 0 Å². The Balaban J connectivity index is 0.000000385. The second-order valence-corrected chi connectivity index (χ2v) is 49.3. The molecule has 0 spiro atoms. The van der Waals surface area contributed by atoms with Crippen LogP contribution in [0.2, 0.25) is 0 Å². The zero-order valence-corrected chi connectivity index (χ0v) is 59.5. The maximum absolute atomic E-state index is 6.74. The Hall–Kier alpha value is -4.78. The number of halogens is 2. The molecule has 0 radical (unpaired) electrons. The first-order chi connectivity index (χ1) is 37.7. The molecule has 8 aromatic carbocycles. The summed E-state index contributed by atoms with van der Waals surface area (Å²) in [6.45, 7) is 58.0. The number of hydrogen-bond acceptors (Lipinski definition) is 0. The normalized spacial score (nSPS) is 14.1. The van der Waals surface area contributed by atoms with E-state index in [0.29, 0.717) is 0 Å². The van der Waals surface area contributed by atoms with E-state index < -0.39 is 15.7 Å². The van der Waals surface area contributed by atoms with Crippen molar-refractivity contribution in [1.82, 2.24) is 0 Å². The van der Waals surface area contributed by atoms with Crippen LogP contribution in [0.15, 0.2) is 194 Å². The van der Waals surface area contributed by atoms with Crippen molar-refractivity contribution >= 4 is 0 Å². The number of hydrogen-bond donors (Lipinski definition) is 0. The zero-order chi connectivity index (χ0) is 61.0. The van der Waals surface area contributed by atoms with E-state index in [4.69, 9.17) is 0 Å². The van der Waals surface area contributed by atoms with Gasteiger partial charge in [-0.15, -0.1) is 0 Å². The van der Waals surface area contributed by atoms with Crippen molar-refractivity contribution in [2.75, 3.05) is 0 Å². The van der Waals surface area contributed by atoms with Gasteiger partial charge in [-0.1, -0.05) is 77.9 Å². The van der Waals surface area contributed by atoms with E-state index in [2.05, 4.69) is 360 Å². The van der Waals surface area contributed by atoms with Gasteiger partial charge in [-0.3, -0.25) is 0 Å². The molecular formula is C80H104I2+2. The summed E-state index contributed by atoms with van der Waals surface area (Å²) in [6, 6.07) is 76.8. The Morgan fingerprint density at radius 3 is 0.476 bits per heavy atom. The maximum atomic E-state index is 2.63. The van der Waals surface area contributed by atoms with Crippen LogP contribution >= 0.6 is 0 Å². The van der Waals surface area contributed by atoms with Crippen LogP contribution in [0.1, 0.15) is 211 Å². The molecule has 0 saturated heterocycles. The summed E-state index contributed by atoms with van der Waals surface area (Å²) in [7, 11) is 0. The van der Waals surface area contributed by atoms with Crippen LogP contribution in [-0.2, 0) is 43.3 Å². The van der Waals surface area contributed by atoms with Gasteiger partial charge in [0.1, 0.15) is 0 Å². The van der Waals surface area contributed by atoms with Gasteiger partial charge in [0.2, 0.25) is 0 Å². The SMILES string of the molecule is CC(C)(C)c1ccccc1[I+](c1ccccc1C(C)(C)C)(c1ccccc1C(C)(C)C)(c1ccccc1C(C)(C)C)(c1ccccc1C(C)(C)C)c1ccccc1C(C)(C)C.CC(C)(C)c1ccccc1[I+]c1ccccc1C(C)(C)C. The summed E-state index contributed by atoms with van der Waals surface area (Å²) in [5, 5.41) is 0. The molecule has 0 aliphatic carbocycles. The molecule has 0 atom stereocenters. The minimum atomic E-state index is -6.74. The van der Waals surface area contributed by atoms with Crippen molar-refractivity contribution in [3.05, 3.63) is 267 Å². The molecule has 0 aliphatic rings. The standard InChI is InChI=1S/C60H78I.C20H26I/c1-55(2,3)43-31-19-25-37-49(43)61(50-38-26-20-32-44(50)56(4,5)6,51-39-27-21-33-45(51)57(7,8)9,52-40-28-22-34-46(52)58(10,11)12,53-41-29-23-35-47(53)59(13,14)15)54-42-30-24-36-48(54)60(16,17)18;1-19(2,3)15-11-7-9-13-17(15)21-18-14-10-8-12-16(18)20(4,5)6/h19-42H,1-18H3;7-14H,1-6H3/q2*+1. The van der Waals surface area contributed by atoms with Gasteiger partial charge in [0, 0.05) is 11.1 Å². The Labute approximate surface area is 509 Å². The second kappa shape index (κ2) is 22.3. The van der Waals surface area contributed by atoms with Crippen molar-refractivity contribution in [3.63, 3.8) is 0 Å². The first-order valence-corrected chi connectivity index (χ1v) is 38.8. The van der Waals surface area contributed by atoms with Gasteiger partial charge < -0.3 is 0 Å². The average Bonchev–Trinajstić information content (AvgIpc) is 0.607. The Morgan fingerprint density at radius 1 is 0.183 bits per heavy atom. The van der Waals surface area contributed by atoms with E-state index in [1.807, 2.05) is 0 Å². The molecule has 82 heavy (non-hydrogen) atoms. The maximum Gasteiger partial charge on any atom is 0.358 e. The molecule has 0 nitrogen and oxygen atoms in total. The van der Waals surface area contributed by atoms with Gasteiger partial charge >= 0.3 is 394 Å². The summed E-state index contributed by atoms with van der Waals surface area (Å²) in [4.78, 5) is 0. The van der Waals surface area contributed by atoms with Crippen molar-refractivity contribution in [3.8, 4) is 0 Å². The summed E-state index contributed by atoms with van der Waals surface area (Å²) in [5.41, 5.74) is 10.3. The monoisotopic (exact) mass is 1320 g/mol.